The molecule has 154 valence electrons. The summed E-state index contributed by atoms with van der Waals surface area (Å²) in [6, 6.07) is 8.40. The maximum Gasteiger partial charge on any atom is 0.317 e. The summed E-state index contributed by atoms with van der Waals surface area (Å²) in [7, 11) is 3.86. The van der Waals surface area contributed by atoms with Gasteiger partial charge >= 0.3 is 6.03 Å². The Labute approximate surface area is 168 Å². The van der Waals surface area contributed by atoms with E-state index < -0.39 is 5.60 Å². The Balaban J connectivity index is 1.49. The van der Waals surface area contributed by atoms with Crippen molar-refractivity contribution in [3.63, 3.8) is 0 Å². The van der Waals surface area contributed by atoms with Crippen LogP contribution in [0.1, 0.15) is 36.8 Å². The molecule has 2 fully saturated rings. The van der Waals surface area contributed by atoms with Crippen molar-refractivity contribution in [1.82, 2.24) is 15.1 Å². The predicted molar refractivity (Wildman–Crippen MR) is 108 cm³/mol. The third-order valence-corrected chi connectivity index (χ3v) is 6.92. The second kappa shape index (κ2) is 8.01. The predicted octanol–water partition coefficient (Wildman–Crippen LogP) is 2.37. The zero-order valence-electron chi connectivity index (χ0n) is 17.2. The average Bonchev–Trinajstić information content (AvgIpc) is 3.12. The van der Waals surface area contributed by atoms with Gasteiger partial charge in [0.1, 0.15) is 5.60 Å². The molecule has 4 rings (SSSR count). The Hall–Kier alpha value is -1.63. The molecule has 2 saturated heterocycles. The first-order chi connectivity index (χ1) is 13.6. The van der Waals surface area contributed by atoms with Gasteiger partial charge in [0, 0.05) is 32.3 Å². The number of fused-ring (bicyclic) bond motifs is 1. The molecule has 1 aromatic carbocycles. The van der Waals surface area contributed by atoms with Gasteiger partial charge in [-0.2, -0.15) is 0 Å². The minimum absolute atomic E-state index is 0.0380. The molecule has 3 aliphatic rings. The van der Waals surface area contributed by atoms with E-state index >= 15 is 0 Å². The third-order valence-electron chi connectivity index (χ3n) is 6.92. The number of methoxy groups -OCH3 is 1. The second-order valence-corrected chi connectivity index (χ2v) is 8.62. The number of nitrogens with zero attached hydrogens (tertiary/aromatic N) is 2. The first-order valence-corrected chi connectivity index (χ1v) is 10.5. The van der Waals surface area contributed by atoms with Crippen molar-refractivity contribution < 1.29 is 14.3 Å². The van der Waals surface area contributed by atoms with Crippen LogP contribution < -0.4 is 5.32 Å². The largest absolute Gasteiger partial charge is 0.381 e. The van der Waals surface area contributed by atoms with Crippen LogP contribution in [0, 0.1) is 0 Å². The van der Waals surface area contributed by atoms with Gasteiger partial charge in [0.15, 0.2) is 0 Å². The molecule has 6 nitrogen and oxygen atoms in total. The molecule has 0 aliphatic carbocycles. The lowest BCUT2D eigenvalue weighted by molar-refractivity contribution is -0.1000. The van der Waals surface area contributed by atoms with Crippen molar-refractivity contribution in [2.45, 2.75) is 43.2 Å². The molecular formula is C22H33N3O3. The monoisotopic (exact) mass is 387 g/mol. The van der Waals surface area contributed by atoms with Crippen LogP contribution in [0.15, 0.2) is 24.3 Å². The average molecular weight is 388 g/mol. The highest BCUT2D eigenvalue weighted by molar-refractivity contribution is 5.75. The van der Waals surface area contributed by atoms with Crippen molar-refractivity contribution in [1.29, 1.82) is 0 Å². The lowest BCUT2D eigenvalue weighted by Gasteiger charge is -2.45. The lowest BCUT2D eigenvalue weighted by Crippen LogP contribution is -2.58. The molecule has 28 heavy (non-hydrogen) atoms. The van der Waals surface area contributed by atoms with Crippen LogP contribution in [0.5, 0.6) is 0 Å². The van der Waals surface area contributed by atoms with Gasteiger partial charge in [0.05, 0.1) is 19.8 Å². The fourth-order valence-electron chi connectivity index (χ4n) is 5.29. The van der Waals surface area contributed by atoms with E-state index in [2.05, 4.69) is 40.4 Å². The van der Waals surface area contributed by atoms with Gasteiger partial charge in [-0.15, -0.1) is 0 Å². The Kier molecular flexibility index (Phi) is 5.63. The second-order valence-electron chi connectivity index (χ2n) is 8.62. The van der Waals surface area contributed by atoms with Crippen LogP contribution in [0.4, 0.5) is 4.79 Å². The highest BCUT2D eigenvalue weighted by atomic mass is 16.5. The molecule has 2 amide bonds. The van der Waals surface area contributed by atoms with E-state index in [0.29, 0.717) is 19.8 Å². The number of ether oxygens (including phenoxy) is 2. The molecule has 1 spiro atoms. The third kappa shape index (κ3) is 3.53. The number of hydrogen-bond acceptors (Lipinski definition) is 4. The Morgan fingerprint density at radius 3 is 2.79 bits per heavy atom. The van der Waals surface area contributed by atoms with Crippen LogP contribution in [0.3, 0.4) is 0 Å². The van der Waals surface area contributed by atoms with Crippen LogP contribution in [-0.2, 0) is 21.5 Å². The summed E-state index contributed by atoms with van der Waals surface area (Å²) in [5.41, 5.74) is 1.85. The summed E-state index contributed by atoms with van der Waals surface area (Å²) in [5, 5.41) is 3.21. The molecule has 1 unspecified atom stereocenters. The summed E-state index contributed by atoms with van der Waals surface area (Å²) in [6.45, 7) is 4.49. The van der Waals surface area contributed by atoms with Crippen molar-refractivity contribution in [2.75, 3.05) is 53.6 Å². The standard InChI is InChI=1S/C22H33N3O3/c1-24-13-10-21(11-14-24)9-5-12-25(21)20(26)23-16-22(17-27-2)19-7-4-3-6-18(19)8-15-28-22/h3-4,6-7H,5,8-17H2,1-2H3,(H,23,26). The smallest absolute Gasteiger partial charge is 0.317 e. The fraction of sp³-hybridized carbons (Fsp3) is 0.682. The summed E-state index contributed by atoms with van der Waals surface area (Å²) in [5.74, 6) is 0. The van der Waals surface area contributed by atoms with Crippen LogP contribution in [0.25, 0.3) is 0 Å². The molecule has 3 heterocycles. The number of piperidine rings is 1. The number of nitrogens with one attached hydrogen (secondary N) is 1. The van der Waals surface area contributed by atoms with E-state index in [4.69, 9.17) is 9.47 Å². The highest BCUT2D eigenvalue weighted by Gasteiger charge is 2.46. The number of amides is 2. The molecule has 1 N–H and O–H groups in total. The molecule has 1 aromatic rings. The summed E-state index contributed by atoms with van der Waals surface area (Å²) in [6.07, 6.45) is 5.26. The zero-order valence-corrected chi connectivity index (χ0v) is 17.2. The number of likely N-dealkylation sites (tertiary alicyclic amines) is 2. The Morgan fingerprint density at radius 2 is 2.00 bits per heavy atom. The van der Waals surface area contributed by atoms with Crippen LogP contribution in [0.2, 0.25) is 0 Å². The van der Waals surface area contributed by atoms with Crippen LogP contribution >= 0.6 is 0 Å². The van der Waals surface area contributed by atoms with E-state index in [9.17, 15) is 4.79 Å². The fourth-order valence-corrected chi connectivity index (χ4v) is 5.29. The van der Waals surface area contributed by atoms with Gasteiger partial charge in [-0.05, 0) is 50.3 Å². The van der Waals surface area contributed by atoms with Crippen molar-refractivity contribution in [3.8, 4) is 0 Å². The van der Waals surface area contributed by atoms with Gasteiger partial charge < -0.3 is 24.6 Å². The lowest BCUT2D eigenvalue weighted by atomic mass is 9.85. The number of carbonyl (C=O) groups excluding carboxylic acids is 1. The van der Waals surface area contributed by atoms with Crippen molar-refractivity contribution >= 4 is 6.03 Å². The minimum Gasteiger partial charge on any atom is -0.381 e. The van der Waals surface area contributed by atoms with Crippen molar-refractivity contribution in [3.05, 3.63) is 35.4 Å². The Morgan fingerprint density at radius 1 is 1.21 bits per heavy atom. The first-order valence-electron chi connectivity index (χ1n) is 10.5. The molecule has 0 radical (unpaired) electrons. The summed E-state index contributed by atoms with van der Waals surface area (Å²) >= 11 is 0. The quantitative estimate of drug-likeness (QED) is 0.862. The van der Waals surface area contributed by atoms with Gasteiger partial charge in [-0.3, -0.25) is 0 Å². The molecule has 6 heteroatoms. The van der Waals surface area contributed by atoms with E-state index in [1.807, 2.05) is 6.07 Å². The van der Waals surface area contributed by atoms with Crippen LogP contribution in [-0.4, -0.2) is 74.9 Å². The van der Waals surface area contributed by atoms with E-state index in [1.165, 1.54) is 5.56 Å². The molecule has 0 aromatic heterocycles. The van der Waals surface area contributed by atoms with Gasteiger partial charge in [0.25, 0.3) is 0 Å². The number of hydrogen-bond donors (Lipinski definition) is 1. The number of urea groups is 1. The van der Waals surface area contributed by atoms with Gasteiger partial charge in [0.2, 0.25) is 0 Å². The normalized spacial score (nSPS) is 27.0. The van der Waals surface area contributed by atoms with Gasteiger partial charge in [-0.1, -0.05) is 24.3 Å². The molecular weight excluding hydrogens is 354 g/mol. The topological polar surface area (TPSA) is 54.0 Å². The minimum atomic E-state index is -0.612. The van der Waals surface area contributed by atoms with E-state index in [-0.39, 0.29) is 11.6 Å². The molecule has 3 aliphatic heterocycles. The highest BCUT2D eigenvalue weighted by Crippen LogP contribution is 2.38. The summed E-state index contributed by atoms with van der Waals surface area (Å²) < 4.78 is 11.8. The summed E-state index contributed by atoms with van der Waals surface area (Å²) in [4.78, 5) is 17.7. The van der Waals surface area contributed by atoms with Crippen molar-refractivity contribution in [2.24, 2.45) is 0 Å². The zero-order chi connectivity index (χ0) is 19.6. The molecule has 0 saturated carbocycles. The maximum absolute atomic E-state index is 13.2. The molecule has 1 atom stereocenters. The molecule has 0 bridgehead atoms. The SMILES string of the molecule is COCC1(CNC(=O)N2CCCC23CCN(C)CC3)OCCc2ccccc21. The van der Waals surface area contributed by atoms with Gasteiger partial charge in [-0.25, -0.2) is 4.79 Å². The number of rotatable bonds is 4. The van der Waals surface area contributed by atoms with E-state index in [1.54, 1.807) is 7.11 Å². The maximum atomic E-state index is 13.2. The number of benzene rings is 1. The Bertz CT molecular complexity index is 702. The van der Waals surface area contributed by atoms with E-state index in [0.717, 1.165) is 57.3 Å². The number of carbonyl (C=O) groups is 1. The first kappa shape index (κ1) is 19.7.